The second-order valence-electron chi connectivity index (χ2n) is 4.43. The average molecular weight is 240 g/mol. The molecule has 0 aliphatic carbocycles. The Kier molecular flexibility index (Phi) is 4.54. The van der Waals surface area contributed by atoms with Crippen molar-refractivity contribution < 1.29 is 8.42 Å². The third-order valence-corrected chi connectivity index (χ3v) is 4.72. The molecule has 0 bridgehead atoms. The molecular formula is C13H20O2S. The van der Waals surface area contributed by atoms with Crippen molar-refractivity contribution in [1.82, 2.24) is 0 Å². The third-order valence-electron chi connectivity index (χ3n) is 2.96. The number of benzene rings is 1. The maximum atomic E-state index is 12.0. The van der Waals surface area contributed by atoms with Crippen LogP contribution in [0.25, 0.3) is 0 Å². The molecule has 1 aromatic carbocycles. The van der Waals surface area contributed by atoms with E-state index in [-0.39, 0.29) is 5.75 Å². The Balaban J connectivity index is 2.74. The van der Waals surface area contributed by atoms with Crippen molar-refractivity contribution in [2.24, 2.45) is 5.92 Å². The fraction of sp³-hybridized carbons (Fsp3) is 0.538. The van der Waals surface area contributed by atoms with E-state index in [1.807, 2.05) is 19.1 Å². The molecule has 1 rings (SSSR count). The quantitative estimate of drug-likeness (QED) is 0.792. The normalized spacial score (nSPS) is 13.7. The van der Waals surface area contributed by atoms with Gasteiger partial charge in [0.15, 0.2) is 9.84 Å². The van der Waals surface area contributed by atoms with Gasteiger partial charge in [-0.25, -0.2) is 8.42 Å². The van der Waals surface area contributed by atoms with E-state index < -0.39 is 9.84 Å². The summed E-state index contributed by atoms with van der Waals surface area (Å²) < 4.78 is 23.9. The van der Waals surface area contributed by atoms with Crippen molar-refractivity contribution in [2.45, 2.75) is 38.5 Å². The van der Waals surface area contributed by atoms with Crippen molar-refractivity contribution in [3.05, 3.63) is 29.8 Å². The zero-order valence-electron chi connectivity index (χ0n) is 10.2. The molecule has 0 saturated carbocycles. The summed E-state index contributed by atoms with van der Waals surface area (Å²) in [5.74, 6) is 0.727. The van der Waals surface area contributed by atoms with Crippen LogP contribution in [0.2, 0.25) is 0 Å². The van der Waals surface area contributed by atoms with Gasteiger partial charge >= 0.3 is 0 Å². The number of hydrogen-bond donors (Lipinski definition) is 0. The molecule has 16 heavy (non-hydrogen) atoms. The lowest BCUT2D eigenvalue weighted by Crippen LogP contribution is -2.09. The smallest absolute Gasteiger partial charge is 0.178 e. The lowest BCUT2D eigenvalue weighted by molar-refractivity contribution is 0.532. The van der Waals surface area contributed by atoms with Gasteiger partial charge in [0.25, 0.3) is 0 Å². The highest BCUT2D eigenvalue weighted by Gasteiger charge is 2.14. The van der Waals surface area contributed by atoms with Crippen LogP contribution in [-0.2, 0) is 9.84 Å². The molecule has 0 spiro atoms. The van der Waals surface area contributed by atoms with Crippen molar-refractivity contribution in [3.8, 4) is 0 Å². The predicted molar refractivity (Wildman–Crippen MR) is 67.3 cm³/mol. The first-order valence-corrected chi connectivity index (χ1v) is 7.40. The molecule has 1 atom stereocenters. The molecule has 1 aromatic rings. The van der Waals surface area contributed by atoms with Crippen molar-refractivity contribution in [2.75, 3.05) is 5.75 Å². The molecular weight excluding hydrogens is 220 g/mol. The summed E-state index contributed by atoms with van der Waals surface area (Å²) in [6.45, 7) is 6.13. The number of aryl methyl sites for hydroxylation is 1. The lowest BCUT2D eigenvalue weighted by Gasteiger charge is -2.09. The zero-order valence-corrected chi connectivity index (χ0v) is 11.0. The molecule has 0 aliphatic rings. The van der Waals surface area contributed by atoms with E-state index in [0.717, 1.165) is 18.4 Å². The second-order valence-corrected chi connectivity index (χ2v) is 6.54. The molecule has 0 saturated heterocycles. The fourth-order valence-electron chi connectivity index (χ4n) is 1.42. The minimum absolute atomic E-state index is 0.255. The third kappa shape index (κ3) is 3.63. The van der Waals surface area contributed by atoms with E-state index in [0.29, 0.717) is 10.8 Å². The van der Waals surface area contributed by atoms with Gasteiger partial charge in [-0.15, -0.1) is 0 Å². The molecule has 0 aliphatic heterocycles. The minimum atomic E-state index is -3.08. The first kappa shape index (κ1) is 13.2. The van der Waals surface area contributed by atoms with Gasteiger partial charge in [-0.1, -0.05) is 38.0 Å². The highest BCUT2D eigenvalue weighted by atomic mass is 32.2. The molecule has 0 amide bonds. The van der Waals surface area contributed by atoms with Gasteiger partial charge in [-0.05, 0) is 31.4 Å². The van der Waals surface area contributed by atoms with Crippen LogP contribution >= 0.6 is 0 Å². The Bertz CT molecular complexity index is 418. The molecule has 1 unspecified atom stereocenters. The van der Waals surface area contributed by atoms with Crippen LogP contribution in [-0.4, -0.2) is 14.2 Å². The summed E-state index contributed by atoms with van der Waals surface area (Å²) in [6.07, 6.45) is 1.77. The number of hydrogen-bond acceptors (Lipinski definition) is 2. The first-order chi connectivity index (χ1) is 7.45. The standard InChI is InChI=1S/C13H20O2S/c1-4-11(2)9-10-16(14,15)13-7-5-12(3)6-8-13/h5-8,11H,4,9-10H2,1-3H3. The highest BCUT2D eigenvalue weighted by Crippen LogP contribution is 2.16. The Morgan fingerprint density at radius 1 is 1.19 bits per heavy atom. The van der Waals surface area contributed by atoms with Crippen LogP contribution < -0.4 is 0 Å². The molecule has 0 radical (unpaired) electrons. The number of rotatable bonds is 5. The van der Waals surface area contributed by atoms with Gasteiger partial charge in [0.2, 0.25) is 0 Å². The van der Waals surface area contributed by atoms with Gasteiger partial charge in [0.1, 0.15) is 0 Å². The van der Waals surface area contributed by atoms with Crippen LogP contribution in [0, 0.1) is 12.8 Å². The van der Waals surface area contributed by atoms with E-state index in [1.54, 1.807) is 12.1 Å². The molecule has 2 nitrogen and oxygen atoms in total. The molecule has 90 valence electrons. The molecule has 3 heteroatoms. The molecule has 0 aromatic heterocycles. The SMILES string of the molecule is CCC(C)CCS(=O)(=O)c1ccc(C)cc1. The lowest BCUT2D eigenvalue weighted by atomic mass is 10.1. The van der Waals surface area contributed by atoms with E-state index >= 15 is 0 Å². The highest BCUT2D eigenvalue weighted by molar-refractivity contribution is 7.91. The summed E-state index contributed by atoms with van der Waals surface area (Å²) in [5.41, 5.74) is 1.08. The zero-order chi connectivity index (χ0) is 12.2. The van der Waals surface area contributed by atoms with Gasteiger partial charge in [0, 0.05) is 0 Å². The van der Waals surface area contributed by atoms with Crippen molar-refractivity contribution in [1.29, 1.82) is 0 Å². The van der Waals surface area contributed by atoms with E-state index in [1.165, 1.54) is 0 Å². The number of sulfone groups is 1. The first-order valence-electron chi connectivity index (χ1n) is 5.75. The summed E-state index contributed by atoms with van der Waals surface area (Å²) >= 11 is 0. The van der Waals surface area contributed by atoms with Crippen LogP contribution in [0.5, 0.6) is 0 Å². The van der Waals surface area contributed by atoms with Crippen LogP contribution in [0.4, 0.5) is 0 Å². The molecule has 0 heterocycles. The Morgan fingerprint density at radius 2 is 1.75 bits per heavy atom. The molecule has 0 fully saturated rings. The fourth-order valence-corrected chi connectivity index (χ4v) is 2.92. The average Bonchev–Trinajstić information content (AvgIpc) is 2.26. The van der Waals surface area contributed by atoms with Crippen molar-refractivity contribution in [3.63, 3.8) is 0 Å². The predicted octanol–water partition coefficient (Wildman–Crippen LogP) is 3.20. The van der Waals surface area contributed by atoms with Gasteiger partial charge in [-0.2, -0.15) is 0 Å². The maximum absolute atomic E-state index is 12.0. The maximum Gasteiger partial charge on any atom is 0.178 e. The summed E-state index contributed by atoms with van der Waals surface area (Å²) in [4.78, 5) is 0.446. The van der Waals surface area contributed by atoms with Gasteiger partial charge in [-0.3, -0.25) is 0 Å². The van der Waals surface area contributed by atoms with E-state index in [2.05, 4.69) is 13.8 Å². The van der Waals surface area contributed by atoms with Crippen LogP contribution in [0.15, 0.2) is 29.2 Å². The Hall–Kier alpha value is -0.830. The minimum Gasteiger partial charge on any atom is -0.224 e. The Morgan fingerprint density at radius 3 is 2.25 bits per heavy atom. The topological polar surface area (TPSA) is 34.1 Å². The second kappa shape index (κ2) is 5.48. The monoisotopic (exact) mass is 240 g/mol. The largest absolute Gasteiger partial charge is 0.224 e. The van der Waals surface area contributed by atoms with E-state index in [9.17, 15) is 8.42 Å². The van der Waals surface area contributed by atoms with Gasteiger partial charge in [0.05, 0.1) is 10.6 Å². The van der Waals surface area contributed by atoms with Crippen LogP contribution in [0.3, 0.4) is 0 Å². The summed E-state index contributed by atoms with van der Waals surface area (Å²) in [5, 5.41) is 0. The summed E-state index contributed by atoms with van der Waals surface area (Å²) in [7, 11) is -3.08. The molecule has 0 N–H and O–H groups in total. The summed E-state index contributed by atoms with van der Waals surface area (Å²) in [6, 6.07) is 7.08. The van der Waals surface area contributed by atoms with E-state index in [4.69, 9.17) is 0 Å². The van der Waals surface area contributed by atoms with Crippen molar-refractivity contribution >= 4 is 9.84 Å². The van der Waals surface area contributed by atoms with Crippen LogP contribution in [0.1, 0.15) is 32.3 Å². The van der Waals surface area contributed by atoms with Gasteiger partial charge < -0.3 is 0 Å². The Labute approximate surface area is 98.6 Å².